The summed E-state index contributed by atoms with van der Waals surface area (Å²) >= 11 is 0. The molecule has 0 unspecified atom stereocenters. The molecule has 0 aliphatic heterocycles. The van der Waals surface area contributed by atoms with Crippen molar-refractivity contribution in [3.05, 3.63) is 29.1 Å². The zero-order chi connectivity index (χ0) is 11.8. The number of nitrogens with two attached hydrogens (primary N) is 1. The molecular formula is C14H24N2. The van der Waals surface area contributed by atoms with Crippen LogP contribution < -0.4 is 5.73 Å². The first-order chi connectivity index (χ1) is 7.83. The van der Waals surface area contributed by atoms with Crippen molar-refractivity contribution in [2.45, 2.75) is 58.9 Å². The molecule has 0 radical (unpaired) electrons. The normalized spacial score (nSPS) is 10.7. The van der Waals surface area contributed by atoms with Gasteiger partial charge in [-0.25, -0.2) is 0 Å². The van der Waals surface area contributed by atoms with E-state index in [2.05, 4.69) is 24.9 Å². The number of hydrogen-bond acceptors (Lipinski definition) is 2. The summed E-state index contributed by atoms with van der Waals surface area (Å²) in [7, 11) is 0. The molecule has 16 heavy (non-hydrogen) atoms. The second-order valence-corrected chi connectivity index (χ2v) is 4.31. The Morgan fingerprint density at radius 3 is 2.44 bits per heavy atom. The van der Waals surface area contributed by atoms with Gasteiger partial charge in [-0.1, -0.05) is 26.7 Å². The number of nitrogens with zero attached hydrogens (tertiary/aromatic N) is 1. The van der Waals surface area contributed by atoms with Gasteiger partial charge < -0.3 is 5.73 Å². The van der Waals surface area contributed by atoms with Gasteiger partial charge in [-0.05, 0) is 42.9 Å². The van der Waals surface area contributed by atoms with Gasteiger partial charge in [-0.2, -0.15) is 0 Å². The van der Waals surface area contributed by atoms with Crippen LogP contribution in [-0.2, 0) is 19.4 Å². The third-order valence-electron chi connectivity index (χ3n) is 3.02. The van der Waals surface area contributed by atoms with E-state index in [0.29, 0.717) is 6.54 Å². The van der Waals surface area contributed by atoms with Gasteiger partial charge in [0.2, 0.25) is 0 Å². The quantitative estimate of drug-likeness (QED) is 0.766. The zero-order valence-electron chi connectivity index (χ0n) is 10.6. The van der Waals surface area contributed by atoms with Gasteiger partial charge in [0.25, 0.3) is 0 Å². The lowest BCUT2D eigenvalue weighted by Gasteiger charge is -2.12. The highest BCUT2D eigenvalue weighted by atomic mass is 14.7. The highest BCUT2D eigenvalue weighted by molar-refractivity contribution is 5.30. The molecule has 2 heteroatoms. The van der Waals surface area contributed by atoms with E-state index in [4.69, 9.17) is 5.73 Å². The molecule has 1 heterocycles. The lowest BCUT2D eigenvalue weighted by molar-refractivity contribution is 0.742. The maximum Gasteiger partial charge on any atom is 0.0574 e. The molecule has 0 fully saturated rings. The number of aromatic nitrogens is 1. The number of rotatable bonds is 7. The van der Waals surface area contributed by atoms with E-state index in [0.717, 1.165) is 12.1 Å². The third kappa shape index (κ3) is 3.60. The molecule has 2 nitrogen and oxygen atoms in total. The Labute approximate surface area is 99.3 Å². The maximum absolute atomic E-state index is 5.76. The maximum atomic E-state index is 5.76. The van der Waals surface area contributed by atoms with E-state index in [1.807, 2.05) is 6.20 Å². The number of pyridine rings is 1. The molecule has 0 spiro atoms. The number of aryl methyl sites for hydroxylation is 1. The Morgan fingerprint density at radius 2 is 1.81 bits per heavy atom. The SMILES string of the molecule is CCCCc1ccnc(CN)c1CCCC. The van der Waals surface area contributed by atoms with Gasteiger partial charge in [0.05, 0.1) is 5.69 Å². The monoisotopic (exact) mass is 220 g/mol. The van der Waals surface area contributed by atoms with Crippen LogP contribution >= 0.6 is 0 Å². The fourth-order valence-corrected chi connectivity index (χ4v) is 2.02. The molecule has 0 atom stereocenters. The van der Waals surface area contributed by atoms with Gasteiger partial charge in [0.1, 0.15) is 0 Å². The molecule has 0 aliphatic carbocycles. The van der Waals surface area contributed by atoms with E-state index in [1.54, 1.807) is 0 Å². The van der Waals surface area contributed by atoms with E-state index in [-0.39, 0.29) is 0 Å². The molecule has 0 saturated heterocycles. The van der Waals surface area contributed by atoms with Crippen molar-refractivity contribution in [2.75, 3.05) is 0 Å². The first-order valence-electron chi connectivity index (χ1n) is 6.49. The second kappa shape index (κ2) is 7.39. The summed E-state index contributed by atoms with van der Waals surface area (Å²) in [5.41, 5.74) is 9.74. The van der Waals surface area contributed by atoms with Gasteiger partial charge in [0, 0.05) is 12.7 Å². The van der Waals surface area contributed by atoms with Crippen molar-refractivity contribution in [1.82, 2.24) is 4.98 Å². The fourth-order valence-electron chi connectivity index (χ4n) is 2.02. The highest BCUT2D eigenvalue weighted by Crippen LogP contribution is 2.17. The van der Waals surface area contributed by atoms with Crippen molar-refractivity contribution in [3.8, 4) is 0 Å². The fraction of sp³-hybridized carbons (Fsp3) is 0.643. The number of unbranched alkanes of at least 4 members (excludes halogenated alkanes) is 2. The molecule has 1 aromatic rings. The van der Waals surface area contributed by atoms with E-state index < -0.39 is 0 Å². The second-order valence-electron chi connectivity index (χ2n) is 4.31. The van der Waals surface area contributed by atoms with Crippen molar-refractivity contribution >= 4 is 0 Å². The average Bonchev–Trinajstić information content (AvgIpc) is 2.33. The molecule has 0 aromatic carbocycles. The smallest absolute Gasteiger partial charge is 0.0574 e. The average molecular weight is 220 g/mol. The van der Waals surface area contributed by atoms with E-state index >= 15 is 0 Å². The van der Waals surface area contributed by atoms with Gasteiger partial charge in [-0.3, -0.25) is 4.98 Å². The predicted molar refractivity (Wildman–Crippen MR) is 69.4 cm³/mol. The lowest BCUT2D eigenvalue weighted by atomic mass is 9.97. The Kier molecular flexibility index (Phi) is 6.09. The predicted octanol–water partition coefficient (Wildman–Crippen LogP) is 3.23. The van der Waals surface area contributed by atoms with Crippen LogP contribution in [0.25, 0.3) is 0 Å². The van der Waals surface area contributed by atoms with E-state index in [1.165, 1.54) is 43.2 Å². The van der Waals surface area contributed by atoms with Crippen LogP contribution in [0.2, 0.25) is 0 Å². The summed E-state index contributed by atoms with van der Waals surface area (Å²) in [6, 6.07) is 2.17. The first kappa shape index (κ1) is 13.2. The van der Waals surface area contributed by atoms with Crippen molar-refractivity contribution in [3.63, 3.8) is 0 Å². The summed E-state index contributed by atoms with van der Waals surface area (Å²) in [6.07, 6.45) is 9.17. The summed E-state index contributed by atoms with van der Waals surface area (Å²) in [6.45, 7) is 5.03. The van der Waals surface area contributed by atoms with Gasteiger partial charge in [0.15, 0.2) is 0 Å². The van der Waals surface area contributed by atoms with Gasteiger partial charge >= 0.3 is 0 Å². The largest absolute Gasteiger partial charge is 0.325 e. The Morgan fingerprint density at radius 1 is 1.12 bits per heavy atom. The summed E-state index contributed by atoms with van der Waals surface area (Å²) in [5.74, 6) is 0. The number of hydrogen-bond donors (Lipinski definition) is 1. The van der Waals surface area contributed by atoms with E-state index in [9.17, 15) is 0 Å². The molecule has 2 N–H and O–H groups in total. The minimum Gasteiger partial charge on any atom is -0.325 e. The van der Waals surface area contributed by atoms with Crippen LogP contribution in [-0.4, -0.2) is 4.98 Å². The van der Waals surface area contributed by atoms with Crippen LogP contribution in [0, 0.1) is 0 Å². The summed E-state index contributed by atoms with van der Waals surface area (Å²) in [5, 5.41) is 0. The Hall–Kier alpha value is -0.890. The molecule has 0 amide bonds. The Bertz CT molecular complexity index is 308. The van der Waals surface area contributed by atoms with Gasteiger partial charge in [-0.15, -0.1) is 0 Å². The van der Waals surface area contributed by atoms with Crippen LogP contribution in [0.1, 0.15) is 56.4 Å². The molecular weight excluding hydrogens is 196 g/mol. The summed E-state index contributed by atoms with van der Waals surface area (Å²) in [4.78, 5) is 4.39. The van der Waals surface area contributed by atoms with Crippen molar-refractivity contribution in [2.24, 2.45) is 5.73 Å². The first-order valence-corrected chi connectivity index (χ1v) is 6.49. The molecule has 0 saturated carbocycles. The zero-order valence-corrected chi connectivity index (χ0v) is 10.6. The minimum absolute atomic E-state index is 0.568. The third-order valence-corrected chi connectivity index (χ3v) is 3.02. The Balaban J connectivity index is 2.86. The van der Waals surface area contributed by atoms with Crippen LogP contribution in [0.15, 0.2) is 12.3 Å². The van der Waals surface area contributed by atoms with Crippen LogP contribution in [0.4, 0.5) is 0 Å². The van der Waals surface area contributed by atoms with Crippen molar-refractivity contribution in [1.29, 1.82) is 0 Å². The molecule has 0 aliphatic rings. The standard InChI is InChI=1S/C14H24N2/c1-3-5-7-12-9-10-16-14(11-15)13(12)8-6-4-2/h9-10H,3-8,11,15H2,1-2H3. The summed E-state index contributed by atoms with van der Waals surface area (Å²) < 4.78 is 0. The van der Waals surface area contributed by atoms with Crippen LogP contribution in [0.5, 0.6) is 0 Å². The molecule has 1 rings (SSSR count). The molecule has 90 valence electrons. The topological polar surface area (TPSA) is 38.9 Å². The minimum atomic E-state index is 0.568. The highest BCUT2D eigenvalue weighted by Gasteiger charge is 2.07. The lowest BCUT2D eigenvalue weighted by Crippen LogP contribution is -2.08. The van der Waals surface area contributed by atoms with Crippen molar-refractivity contribution < 1.29 is 0 Å². The molecule has 0 bridgehead atoms. The molecule has 1 aromatic heterocycles. The van der Waals surface area contributed by atoms with Crippen LogP contribution in [0.3, 0.4) is 0 Å².